The summed E-state index contributed by atoms with van der Waals surface area (Å²) in [5, 5.41) is 0. The van der Waals surface area contributed by atoms with Gasteiger partial charge in [-0.3, -0.25) is 0 Å². The number of aryl methyl sites for hydroxylation is 2. The lowest BCUT2D eigenvalue weighted by Crippen LogP contribution is -1.99. The zero-order chi connectivity index (χ0) is 15.2. The molecule has 4 heteroatoms. The summed E-state index contributed by atoms with van der Waals surface area (Å²) in [6.07, 6.45) is 1.01. The van der Waals surface area contributed by atoms with Crippen molar-refractivity contribution in [2.45, 2.75) is 25.2 Å². The monoisotopic (exact) mass is 365 g/mol. The third-order valence-electron chi connectivity index (χ3n) is 2.97. The van der Waals surface area contributed by atoms with Gasteiger partial charge in [-0.25, -0.2) is 0 Å². The van der Waals surface area contributed by atoms with Crippen molar-refractivity contribution in [3.8, 4) is 5.75 Å². The maximum atomic E-state index is 5.81. The number of anilines is 1. The van der Waals surface area contributed by atoms with Crippen LogP contribution in [0, 0.1) is 13.8 Å². The van der Waals surface area contributed by atoms with E-state index in [4.69, 9.17) is 10.5 Å². The highest BCUT2D eigenvalue weighted by atomic mass is 79.9. The molecule has 0 radical (unpaired) electrons. The molecule has 0 spiro atoms. The summed E-state index contributed by atoms with van der Waals surface area (Å²) in [5.74, 6) is 1.99. The first kappa shape index (κ1) is 16.2. The first-order valence-corrected chi connectivity index (χ1v) is 8.71. The SMILES string of the molecule is Cc1cc(C)cc(OCCCSc2ccc(N)cc2Br)c1. The predicted octanol–water partition coefficient (Wildman–Crippen LogP) is 5.21. The Hall–Kier alpha value is -1.13. The van der Waals surface area contributed by atoms with Crippen LogP contribution in [-0.4, -0.2) is 12.4 Å². The van der Waals surface area contributed by atoms with E-state index < -0.39 is 0 Å². The summed E-state index contributed by atoms with van der Waals surface area (Å²) in [6, 6.07) is 12.2. The summed E-state index contributed by atoms with van der Waals surface area (Å²) in [4.78, 5) is 1.22. The van der Waals surface area contributed by atoms with Crippen LogP contribution in [0.5, 0.6) is 5.75 Å². The van der Waals surface area contributed by atoms with Gasteiger partial charge >= 0.3 is 0 Å². The fraction of sp³-hybridized carbons (Fsp3) is 0.294. The van der Waals surface area contributed by atoms with Crippen LogP contribution in [0.25, 0.3) is 0 Å². The van der Waals surface area contributed by atoms with E-state index in [0.717, 1.165) is 34.7 Å². The highest BCUT2D eigenvalue weighted by Crippen LogP contribution is 2.29. The van der Waals surface area contributed by atoms with Gasteiger partial charge in [-0.15, -0.1) is 11.8 Å². The van der Waals surface area contributed by atoms with Crippen molar-refractivity contribution in [3.05, 3.63) is 52.0 Å². The fourth-order valence-electron chi connectivity index (χ4n) is 2.08. The maximum absolute atomic E-state index is 5.81. The van der Waals surface area contributed by atoms with E-state index in [2.05, 4.69) is 54.0 Å². The largest absolute Gasteiger partial charge is 0.494 e. The van der Waals surface area contributed by atoms with Gasteiger partial charge in [0.15, 0.2) is 0 Å². The van der Waals surface area contributed by atoms with Gasteiger partial charge in [0.2, 0.25) is 0 Å². The van der Waals surface area contributed by atoms with Crippen molar-refractivity contribution in [1.82, 2.24) is 0 Å². The van der Waals surface area contributed by atoms with E-state index in [1.54, 1.807) is 0 Å². The maximum Gasteiger partial charge on any atom is 0.119 e. The summed E-state index contributed by atoms with van der Waals surface area (Å²) in [5.41, 5.74) is 9.00. The second-order valence-electron chi connectivity index (χ2n) is 5.06. The molecule has 0 bridgehead atoms. The van der Waals surface area contributed by atoms with Crippen LogP contribution in [-0.2, 0) is 0 Å². The standard InChI is InChI=1S/C17H20BrNOS/c1-12-8-13(2)10-15(9-12)20-6-3-7-21-17-5-4-14(19)11-16(17)18/h4-5,8-11H,3,6-7,19H2,1-2H3. The third-order valence-corrected chi connectivity index (χ3v) is 5.04. The molecule has 2 aromatic rings. The molecule has 0 atom stereocenters. The van der Waals surface area contributed by atoms with Gasteiger partial charge in [0.1, 0.15) is 5.75 Å². The molecular formula is C17H20BrNOS. The summed E-state index contributed by atoms with van der Waals surface area (Å²) in [7, 11) is 0. The van der Waals surface area contributed by atoms with Gasteiger partial charge < -0.3 is 10.5 Å². The number of hydrogen-bond acceptors (Lipinski definition) is 3. The Morgan fingerprint density at radius 2 is 1.81 bits per heavy atom. The quantitative estimate of drug-likeness (QED) is 0.433. The lowest BCUT2D eigenvalue weighted by atomic mass is 10.1. The van der Waals surface area contributed by atoms with Crippen LogP contribution < -0.4 is 10.5 Å². The summed E-state index contributed by atoms with van der Waals surface area (Å²) < 4.78 is 6.87. The number of hydrogen-bond donors (Lipinski definition) is 1. The molecule has 2 aromatic carbocycles. The van der Waals surface area contributed by atoms with Gasteiger partial charge in [-0.1, -0.05) is 6.07 Å². The van der Waals surface area contributed by atoms with Gasteiger partial charge in [-0.2, -0.15) is 0 Å². The number of ether oxygens (including phenoxy) is 1. The van der Waals surface area contributed by atoms with Crippen molar-refractivity contribution in [2.24, 2.45) is 0 Å². The molecule has 0 aliphatic heterocycles. The van der Waals surface area contributed by atoms with E-state index >= 15 is 0 Å². The number of benzene rings is 2. The minimum Gasteiger partial charge on any atom is -0.494 e. The normalized spacial score (nSPS) is 10.6. The van der Waals surface area contributed by atoms with Gasteiger partial charge in [0.05, 0.1) is 6.61 Å². The molecule has 0 fully saturated rings. The molecule has 2 rings (SSSR count). The van der Waals surface area contributed by atoms with Crippen LogP contribution >= 0.6 is 27.7 Å². The zero-order valence-electron chi connectivity index (χ0n) is 12.4. The zero-order valence-corrected chi connectivity index (χ0v) is 14.8. The molecule has 0 aliphatic rings. The Morgan fingerprint density at radius 3 is 2.48 bits per heavy atom. The molecular weight excluding hydrogens is 346 g/mol. The Bertz CT molecular complexity index is 595. The number of nitrogen functional groups attached to an aromatic ring is 1. The van der Waals surface area contributed by atoms with E-state index in [0.29, 0.717) is 0 Å². The average molecular weight is 366 g/mol. The predicted molar refractivity (Wildman–Crippen MR) is 95.3 cm³/mol. The third kappa shape index (κ3) is 5.29. The summed E-state index contributed by atoms with van der Waals surface area (Å²) >= 11 is 5.35. The second kappa shape index (κ2) is 7.76. The van der Waals surface area contributed by atoms with Crippen molar-refractivity contribution in [1.29, 1.82) is 0 Å². The first-order valence-electron chi connectivity index (χ1n) is 6.93. The van der Waals surface area contributed by atoms with Gasteiger partial charge in [0.25, 0.3) is 0 Å². The minimum atomic E-state index is 0.739. The van der Waals surface area contributed by atoms with Crippen molar-refractivity contribution >= 4 is 33.4 Å². The molecule has 21 heavy (non-hydrogen) atoms. The topological polar surface area (TPSA) is 35.2 Å². The number of halogens is 1. The molecule has 0 heterocycles. The average Bonchev–Trinajstić information content (AvgIpc) is 2.39. The minimum absolute atomic E-state index is 0.739. The molecule has 0 unspecified atom stereocenters. The molecule has 112 valence electrons. The van der Waals surface area contributed by atoms with Crippen LogP contribution in [0.4, 0.5) is 5.69 Å². The van der Waals surface area contributed by atoms with Crippen LogP contribution in [0.1, 0.15) is 17.5 Å². The lowest BCUT2D eigenvalue weighted by Gasteiger charge is -2.09. The van der Waals surface area contributed by atoms with E-state index in [1.807, 2.05) is 23.9 Å². The number of rotatable bonds is 6. The number of nitrogens with two attached hydrogens (primary N) is 1. The molecule has 0 aromatic heterocycles. The Labute approximate surface area is 139 Å². The van der Waals surface area contributed by atoms with E-state index in [1.165, 1.54) is 16.0 Å². The Balaban J connectivity index is 1.75. The summed E-state index contributed by atoms with van der Waals surface area (Å²) in [6.45, 7) is 4.92. The molecule has 0 saturated heterocycles. The Kier molecular flexibility index (Phi) is 6.00. The van der Waals surface area contributed by atoms with Crippen molar-refractivity contribution in [2.75, 3.05) is 18.1 Å². The Morgan fingerprint density at radius 1 is 1.10 bits per heavy atom. The highest BCUT2D eigenvalue weighted by molar-refractivity contribution is 9.10. The van der Waals surface area contributed by atoms with E-state index in [9.17, 15) is 0 Å². The fourth-order valence-corrected chi connectivity index (χ4v) is 3.66. The van der Waals surface area contributed by atoms with Gasteiger partial charge in [-0.05, 0) is 77.7 Å². The van der Waals surface area contributed by atoms with Crippen molar-refractivity contribution in [3.63, 3.8) is 0 Å². The second-order valence-corrected chi connectivity index (χ2v) is 7.05. The highest BCUT2D eigenvalue weighted by Gasteiger charge is 2.02. The van der Waals surface area contributed by atoms with E-state index in [-0.39, 0.29) is 0 Å². The molecule has 0 saturated carbocycles. The smallest absolute Gasteiger partial charge is 0.119 e. The van der Waals surface area contributed by atoms with Crippen LogP contribution in [0.3, 0.4) is 0 Å². The van der Waals surface area contributed by atoms with Crippen molar-refractivity contribution < 1.29 is 4.74 Å². The molecule has 0 amide bonds. The molecule has 0 aliphatic carbocycles. The van der Waals surface area contributed by atoms with Gasteiger partial charge in [0, 0.05) is 20.8 Å². The lowest BCUT2D eigenvalue weighted by molar-refractivity contribution is 0.318. The molecule has 2 nitrogen and oxygen atoms in total. The number of thioether (sulfide) groups is 1. The first-order chi connectivity index (χ1) is 10.0. The van der Waals surface area contributed by atoms with Crippen LogP contribution in [0.2, 0.25) is 0 Å². The molecule has 2 N–H and O–H groups in total. The van der Waals surface area contributed by atoms with Crippen LogP contribution in [0.15, 0.2) is 45.8 Å².